The minimum absolute atomic E-state index is 0.0360. The summed E-state index contributed by atoms with van der Waals surface area (Å²) in [5.41, 5.74) is 1.81. The van der Waals surface area contributed by atoms with Gasteiger partial charge in [0.25, 0.3) is 0 Å². The van der Waals surface area contributed by atoms with Gasteiger partial charge in [-0.1, -0.05) is 15.9 Å². The fraction of sp³-hybridized carbons (Fsp3) is 0.231. The first-order valence-electron chi connectivity index (χ1n) is 5.69. The number of aromatic nitrogens is 1. The van der Waals surface area contributed by atoms with Gasteiger partial charge in [0.1, 0.15) is 5.01 Å². The number of benzene rings is 1. The number of thiazole rings is 1. The predicted molar refractivity (Wildman–Crippen MR) is 80.0 cm³/mol. The van der Waals surface area contributed by atoms with Crippen molar-refractivity contribution in [2.75, 3.05) is 5.32 Å². The van der Waals surface area contributed by atoms with Crippen molar-refractivity contribution in [2.45, 2.75) is 19.9 Å². The van der Waals surface area contributed by atoms with Crippen molar-refractivity contribution in [1.29, 1.82) is 0 Å². The van der Waals surface area contributed by atoms with Crippen LogP contribution in [0.2, 0.25) is 0 Å². The summed E-state index contributed by atoms with van der Waals surface area (Å²) in [6.45, 7) is 3.90. The molecule has 2 aromatic rings. The van der Waals surface area contributed by atoms with Crippen LogP contribution in [0.1, 0.15) is 34.0 Å². The lowest BCUT2D eigenvalue weighted by molar-refractivity contribution is 0.0698. The number of nitrogens with one attached hydrogen (secondary N) is 1. The molecule has 0 amide bonds. The molecule has 2 rings (SSSR count). The molecule has 0 aliphatic carbocycles. The molecular formula is C13H13BrN2O2S. The largest absolute Gasteiger partial charge is 0.478 e. The number of anilines is 1. The number of hydrogen-bond donors (Lipinski definition) is 2. The van der Waals surface area contributed by atoms with E-state index in [-0.39, 0.29) is 11.6 Å². The molecule has 19 heavy (non-hydrogen) atoms. The summed E-state index contributed by atoms with van der Waals surface area (Å²) in [5, 5.41) is 15.3. The number of aryl methyl sites for hydroxylation is 1. The zero-order valence-corrected chi connectivity index (χ0v) is 12.9. The second kappa shape index (κ2) is 5.71. The van der Waals surface area contributed by atoms with E-state index in [1.165, 1.54) is 0 Å². The highest BCUT2D eigenvalue weighted by Crippen LogP contribution is 2.27. The SMILES string of the molecule is Cc1csc(C(C)Nc2cc(Br)ccc2C(=O)O)n1. The highest BCUT2D eigenvalue weighted by atomic mass is 79.9. The van der Waals surface area contributed by atoms with Crippen LogP contribution in [-0.4, -0.2) is 16.1 Å². The van der Waals surface area contributed by atoms with E-state index in [2.05, 4.69) is 26.2 Å². The molecule has 1 unspecified atom stereocenters. The van der Waals surface area contributed by atoms with Gasteiger partial charge in [-0.05, 0) is 32.0 Å². The lowest BCUT2D eigenvalue weighted by Crippen LogP contribution is -2.10. The minimum Gasteiger partial charge on any atom is -0.478 e. The average molecular weight is 341 g/mol. The van der Waals surface area contributed by atoms with Crippen LogP contribution in [-0.2, 0) is 0 Å². The maximum atomic E-state index is 11.2. The molecule has 0 saturated heterocycles. The van der Waals surface area contributed by atoms with Crippen molar-refractivity contribution in [3.8, 4) is 0 Å². The van der Waals surface area contributed by atoms with Gasteiger partial charge in [-0.15, -0.1) is 11.3 Å². The number of rotatable bonds is 4. The molecule has 0 aliphatic rings. The Bertz CT molecular complexity index is 612. The number of carbonyl (C=O) groups is 1. The second-order valence-electron chi connectivity index (χ2n) is 4.19. The molecule has 100 valence electrons. The van der Waals surface area contributed by atoms with Gasteiger partial charge < -0.3 is 10.4 Å². The molecule has 4 nitrogen and oxygen atoms in total. The smallest absolute Gasteiger partial charge is 0.337 e. The van der Waals surface area contributed by atoms with E-state index in [0.717, 1.165) is 15.2 Å². The lowest BCUT2D eigenvalue weighted by Gasteiger charge is -2.15. The minimum atomic E-state index is -0.947. The molecular weight excluding hydrogens is 328 g/mol. The van der Waals surface area contributed by atoms with Gasteiger partial charge in [0.15, 0.2) is 0 Å². The van der Waals surface area contributed by atoms with Crippen LogP contribution in [0.3, 0.4) is 0 Å². The number of carboxylic acids is 1. The van der Waals surface area contributed by atoms with Crippen molar-refractivity contribution >= 4 is 38.9 Å². The fourth-order valence-electron chi connectivity index (χ4n) is 1.69. The molecule has 0 radical (unpaired) electrons. The Morgan fingerprint density at radius 3 is 2.84 bits per heavy atom. The first-order valence-corrected chi connectivity index (χ1v) is 7.36. The Morgan fingerprint density at radius 2 is 2.26 bits per heavy atom. The summed E-state index contributed by atoms with van der Waals surface area (Å²) >= 11 is 4.91. The van der Waals surface area contributed by atoms with E-state index in [9.17, 15) is 9.90 Å². The Kier molecular flexibility index (Phi) is 4.21. The summed E-state index contributed by atoms with van der Waals surface area (Å²) in [7, 11) is 0. The van der Waals surface area contributed by atoms with Crippen LogP contribution in [0.15, 0.2) is 28.1 Å². The van der Waals surface area contributed by atoms with E-state index >= 15 is 0 Å². The monoisotopic (exact) mass is 340 g/mol. The summed E-state index contributed by atoms with van der Waals surface area (Å²) < 4.78 is 0.836. The van der Waals surface area contributed by atoms with Crippen molar-refractivity contribution in [3.63, 3.8) is 0 Å². The molecule has 0 bridgehead atoms. The standard InChI is InChI=1S/C13H13BrN2O2S/c1-7-6-19-12(15-7)8(2)16-11-5-9(14)3-4-10(11)13(17)18/h3-6,8,16H,1-2H3,(H,17,18). The van der Waals surface area contributed by atoms with Gasteiger partial charge in [-0.2, -0.15) is 0 Å². The second-order valence-corrected chi connectivity index (χ2v) is 5.99. The Balaban J connectivity index is 2.27. The molecule has 6 heteroatoms. The van der Waals surface area contributed by atoms with Crippen LogP contribution in [0.5, 0.6) is 0 Å². The highest BCUT2D eigenvalue weighted by molar-refractivity contribution is 9.10. The number of halogens is 1. The number of carboxylic acid groups (broad SMARTS) is 1. The summed E-state index contributed by atoms with van der Waals surface area (Å²) in [6.07, 6.45) is 0. The van der Waals surface area contributed by atoms with Crippen molar-refractivity contribution in [2.24, 2.45) is 0 Å². The van der Waals surface area contributed by atoms with Crippen LogP contribution in [0.25, 0.3) is 0 Å². The Hall–Kier alpha value is -1.40. The van der Waals surface area contributed by atoms with Crippen LogP contribution in [0.4, 0.5) is 5.69 Å². The highest BCUT2D eigenvalue weighted by Gasteiger charge is 2.15. The molecule has 0 spiro atoms. The zero-order valence-electron chi connectivity index (χ0n) is 10.5. The van der Waals surface area contributed by atoms with Crippen molar-refractivity contribution < 1.29 is 9.90 Å². The van der Waals surface area contributed by atoms with Crippen LogP contribution < -0.4 is 5.32 Å². The third kappa shape index (κ3) is 3.33. The van der Waals surface area contributed by atoms with Gasteiger partial charge in [0, 0.05) is 15.5 Å². The lowest BCUT2D eigenvalue weighted by atomic mass is 10.1. The fourth-order valence-corrected chi connectivity index (χ4v) is 2.85. The zero-order chi connectivity index (χ0) is 14.0. The molecule has 0 fully saturated rings. The summed E-state index contributed by atoms with van der Waals surface area (Å²) in [4.78, 5) is 15.6. The van der Waals surface area contributed by atoms with E-state index in [1.54, 1.807) is 29.5 Å². The van der Waals surface area contributed by atoms with Gasteiger partial charge >= 0.3 is 5.97 Å². The first-order chi connectivity index (χ1) is 8.97. The van der Waals surface area contributed by atoms with Gasteiger partial charge in [0.05, 0.1) is 17.3 Å². The van der Waals surface area contributed by atoms with Crippen molar-refractivity contribution in [3.05, 3.63) is 44.3 Å². The first kappa shape index (κ1) is 14.0. The molecule has 1 heterocycles. The molecule has 0 aliphatic heterocycles. The summed E-state index contributed by atoms with van der Waals surface area (Å²) in [5.74, 6) is -0.947. The molecule has 2 N–H and O–H groups in total. The third-order valence-electron chi connectivity index (χ3n) is 2.59. The van der Waals surface area contributed by atoms with Gasteiger partial charge in [-0.3, -0.25) is 0 Å². The normalized spacial score (nSPS) is 12.2. The molecule has 0 saturated carbocycles. The quantitative estimate of drug-likeness (QED) is 0.879. The Morgan fingerprint density at radius 1 is 1.53 bits per heavy atom. The van der Waals surface area contributed by atoms with Gasteiger partial charge in [-0.25, -0.2) is 9.78 Å². The number of aromatic carboxylic acids is 1. The van der Waals surface area contributed by atoms with E-state index in [4.69, 9.17) is 0 Å². The molecule has 1 aromatic carbocycles. The van der Waals surface area contributed by atoms with Crippen LogP contribution in [0, 0.1) is 6.92 Å². The van der Waals surface area contributed by atoms with Crippen molar-refractivity contribution in [1.82, 2.24) is 4.98 Å². The molecule has 1 atom stereocenters. The predicted octanol–water partition coefficient (Wildman–Crippen LogP) is 4.09. The van der Waals surface area contributed by atoms with E-state index in [0.29, 0.717) is 5.69 Å². The number of nitrogens with zero attached hydrogens (tertiary/aromatic N) is 1. The topological polar surface area (TPSA) is 62.2 Å². The van der Waals surface area contributed by atoms with E-state index < -0.39 is 5.97 Å². The third-order valence-corrected chi connectivity index (χ3v) is 4.23. The maximum absolute atomic E-state index is 11.2. The maximum Gasteiger partial charge on any atom is 0.337 e. The molecule has 1 aromatic heterocycles. The average Bonchev–Trinajstić information content (AvgIpc) is 2.75. The summed E-state index contributed by atoms with van der Waals surface area (Å²) in [6, 6.07) is 5.02. The van der Waals surface area contributed by atoms with Crippen LogP contribution >= 0.6 is 27.3 Å². The number of hydrogen-bond acceptors (Lipinski definition) is 4. The Labute approximate surface area is 123 Å². The van der Waals surface area contributed by atoms with Gasteiger partial charge in [0.2, 0.25) is 0 Å². The van der Waals surface area contributed by atoms with E-state index in [1.807, 2.05) is 19.2 Å².